The lowest BCUT2D eigenvalue weighted by atomic mass is 10.0. The van der Waals surface area contributed by atoms with Gasteiger partial charge < -0.3 is 16.0 Å². The normalized spacial score (nSPS) is 13.8. The van der Waals surface area contributed by atoms with Gasteiger partial charge in [0.25, 0.3) is 11.8 Å². The van der Waals surface area contributed by atoms with Crippen molar-refractivity contribution < 1.29 is 24.0 Å². The summed E-state index contributed by atoms with van der Waals surface area (Å²) in [6, 6.07) is 3.23. The number of hydrogen-bond acceptors (Lipinski definition) is 5. The first kappa shape index (κ1) is 28.7. The summed E-state index contributed by atoms with van der Waals surface area (Å²) in [6.07, 6.45) is 5.49. The topological polar surface area (TPSA) is 125 Å². The van der Waals surface area contributed by atoms with Crippen LogP contribution in [0.25, 0.3) is 0 Å². The second-order valence-electron chi connectivity index (χ2n) is 9.47. The third-order valence-corrected chi connectivity index (χ3v) is 6.21. The van der Waals surface area contributed by atoms with E-state index in [1.807, 2.05) is 33.8 Å². The van der Waals surface area contributed by atoms with Gasteiger partial charge in [-0.15, -0.1) is 0 Å². The number of nitrogens with zero attached hydrogens (tertiary/aromatic N) is 1. The number of carbonyl (C=O) groups is 5. The Morgan fingerprint density at radius 2 is 1.58 bits per heavy atom. The van der Waals surface area contributed by atoms with Crippen molar-refractivity contribution in [3.05, 3.63) is 41.0 Å². The maximum atomic E-state index is 12.7. The minimum absolute atomic E-state index is 0.164. The van der Waals surface area contributed by atoms with E-state index in [2.05, 4.69) is 28.9 Å². The molecule has 0 saturated heterocycles. The highest BCUT2D eigenvalue weighted by Crippen LogP contribution is 2.21. The van der Waals surface area contributed by atoms with Crippen LogP contribution in [0.4, 0.5) is 5.69 Å². The van der Waals surface area contributed by atoms with Gasteiger partial charge in [-0.05, 0) is 61.8 Å². The summed E-state index contributed by atoms with van der Waals surface area (Å²) in [6.45, 7) is 9.79. The molecule has 9 heteroatoms. The SMILES string of the molecule is CCc1cc(C)c(NC(=O)CNC(=O)C(NC(=O)CCCCCN2C(=O)C=CC2=O)C(C)C)cc1C. The van der Waals surface area contributed by atoms with Gasteiger partial charge in [0.2, 0.25) is 17.7 Å². The fraction of sp³-hybridized carbons (Fsp3) is 0.519. The van der Waals surface area contributed by atoms with Crippen LogP contribution in [0.1, 0.15) is 63.1 Å². The van der Waals surface area contributed by atoms with Crippen molar-refractivity contribution in [1.82, 2.24) is 15.5 Å². The molecule has 0 aromatic heterocycles. The molecule has 36 heavy (non-hydrogen) atoms. The molecule has 0 saturated carbocycles. The summed E-state index contributed by atoms with van der Waals surface area (Å²) in [5.74, 6) is -1.79. The van der Waals surface area contributed by atoms with Crippen molar-refractivity contribution in [2.45, 2.75) is 72.8 Å². The van der Waals surface area contributed by atoms with Gasteiger partial charge in [-0.2, -0.15) is 0 Å². The van der Waals surface area contributed by atoms with E-state index in [1.54, 1.807) is 0 Å². The number of hydrogen-bond donors (Lipinski definition) is 3. The molecule has 1 aliphatic rings. The van der Waals surface area contributed by atoms with Gasteiger partial charge in [0.05, 0.1) is 6.54 Å². The molecule has 1 heterocycles. The second kappa shape index (κ2) is 13.6. The molecule has 5 amide bonds. The summed E-state index contributed by atoms with van der Waals surface area (Å²) in [7, 11) is 0. The maximum Gasteiger partial charge on any atom is 0.253 e. The van der Waals surface area contributed by atoms with Crippen LogP contribution in [0.2, 0.25) is 0 Å². The molecule has 0 radical (unpaired) electrons. The van der Waals surface area contributed by atoms with Crippen molar-refractivity contribution in [2.75, 3.05) is 18.4 Å². The molecule has 0 spiro atoms. The number of aryl methyl sites for hydroxylation is 3. The predicted molar refractivity (Wildman–Crippen MR) is 138 cm³/mol. The Bertz CT molecular complexity index is 1010. The zero-order valence-electron chi connectivity index (χ0n) is 21.9. The fourth-order valence-electron chi connectivity index (χ4n) is 4.03. The number of amides is 5. The highest BCUT2D eigenvalue weighted by atomic mass is 16.2. The Hall–Kier alpha value is -3.49. The molecular weight excluding hydrogens is 460 g/mol. The van der Waals surface area contributed by atoms with Crippen LogP contribution in [0.5, 0.6) is 0 Å². The number of rotatable bonds is 13. The van der Waals surface area contributed by atoms with Gasteiger partial charge in [0.15, 0.2) is 0 Å². The lowest BCUT2D eigenvalue weighted by Crippen LogP contribution is -2.51. The van der Waals surface area contributed by atoms with Crippen LogP contribution in [-0.2, 0) is 30.4 Å². The number of unbranched alkanes of at least 4 members (excludes halogenated alkanes) is 2. The Morgan fingerprint density at radius 1 is 0.917 bits per heavy atom. The first-order valence-corrected chi connectivity index (χ1v) is 12.5. The van der Waals surface area contributed by atoms with E-state index in [1.165, 1.54) is 22.6 Å². The third-order valence-electron chi connectivity index (χ3n) is 6.21. The van der Waals surface area contributed by atoms with Crippen LogP contribution >= 0.6 is 0 Å². The molecule has 1 atom stereocenters. The van der Waals surface area contributed by atoms with E-state index < -0.39 is 11.9 Å². The van der Waals surface area contributed by atoms with Gasteiger partial charge in [-0.25, -0.2) is 0 Å². The largest absolute Gasteiger partial charge is 0.345 e. The molecule has 1 unspecified atom stereocenters. The molecule has 1 aliphatic heterocycles. The van der Waals surface area contributed by atoms with E-state index in [4.69, 9.17) is 0 Å². The third kappa shape index (κ3) is 8.32. The van der Waals surface area contributed by atoms with E-state index in [0.29, 0.717) is 31.5 Å². The molecule has 0 bridgehead atoms. The van der Waals surface area contributed by atoms with Crippen molar-refractivity contribution in [1.29, 1.82) is 0 Å². The van der Waals surface area contributed by atoms with Crippen LogP contribution < -0.4 is 16.0 Å². The number of anilines is 1. The fourth-order valence-corrected chi connectivity index (χ4v) is 4.03. The van der Waals surface area contributed by atoms with Gasteiger partial charge in [0, 0.05) is 30.8 Å². The van der Waals surface area contributed by atoms with Crippen molar-refractivity contribution in [3.8, 4) is 0 Å². The number of nitrogens with one attached hydrogen (secondary N) is 3. The summed E-state index contributed by atoms with van der Waals surface area (Å²) in [5.41, 5.74) is 4.00. The zero-order chi connectivity index (χ0) is 26.8. The molecule has 1 aromatic carbocycles. The molecule has 9 nitrogen and oxygen atoms in total. The Kier molecular flexibility index (Phi) is 10.8. The van der Waals surface area contributed by atoms with Crippen LogP contribution in [-0.4, -0.2) is 53.6 Å². The van der Waals surface area contributed by atoms with E-state index >= 15 is 0 Å². The van der Waals surface area contributed by atoms with Crippen molar-refractivity contribution >= 4 is 35.2 Å². The Morgan fingerprint density at radius 3 is 2.19 bits per heavy atom. The Balaban J connectivity index is 1.75. The average Bonchev–Trinajstić information content (AvgIpc) is 3.14. The molecule has 0 aliphatic carbocycles. The van der Waals surface area contributed by atoms with Gasteiger partial charge in [-0.3, -0.25) is 28.9 Å². The van der Waals surface area contributed by atoms with Crippen LogP contribution in [0, 0.1) is 19.8 Å². The molecule has 2 rings (SSSR count). The molecule has 3 N–H and O–H groups in total. The van der Waals surface area contributed by atoms with Crippen LogP contribution in [0.15, 0.2) is 24.3 Å². The van der Waals surface area contributed by atoms with Gasteiger partial charge in [0.1, 0.15) is 6.04 Å². The summed E-state index contributed by atoms with van der Waals surface area (Å²) in [4.78, 5) is 61.7. The van der Waals surface area contributed by atoms with E-state index in [9.17, 15) is 24.0 Å². The average molecular weight is 499 g/mol. The summed E-state index contributed by atoms with van der Waals surface area (Å²) >= 11 is 0. The highest BCUT2D eigenvalue weighted by molar-refractivity contribution is 6.12. The van der Waals surface area contributed by atoms with Gasteiger partial charge >= 0.3 is 0 Å². The minimum Gasteiger partial charge on any atom is -0.345 e. The predicted octanol–water partition coefficient (Wildman–Crippen LogP) is 2.55. The molecular formula is C27H38N4O5. The minimum atomic E-state index is -0.760. The standard InChI is InChI=1S/C27H38N4O5/c1-6-20-14-19(5)21(15-18(20)4)29-23(33)16-28-27(36)26(17(2)3)30-22(32)10-8-7-9-13-31-24(34)11-12-25(31)35/h11-12,14-15,17,26H,6-10,13,16H2,1-5H3,(H,28,36)(H,29,33)(H,30,32). The number of carbonyl (C=O) groups excluding carboxylic acids is 5. The zero-order valence-corrected chi connectivity index (χ0v) is 21.9. The summed E-state index contributed by atoms with van der Waals surface area (Å²) in [5, 5.41) is 8.22. The maximum absolute atomic E-state index is 12.7. The Labute approximate surface area is 213 Å². The molecule has 1 aromatic rings. The van der Waals surface area contributed by atoms with Crippen molar-refractivity contribution in [3.63, 3.8) is 0 Å². The summed E-state index contributed by atoms with van der Waals surface area (Å²) < 4.78 is 0. The molecule has 0 fully saturated rings. The monoisotopic (exact) mass is 498 g/mol. The lowest BCUT2D eigenvalue weighted by Gasteiger charge is -2.22. The first-order chi connectivity index (χ1) is 17.0. The smallest absolute Gasteiger partial charge is 0.253 e. The van der Waals surface area contributed by atoms with Crippen molar-refractivity contribution in [2.24, 2.45) is 5.92 Å². The second-order valence-corrected chi connectivity index (χ2v) is 9.47. The molecule has 196 valence electrons. The first-order valence-electron chi connectivity index (χ1n) is 12.5. The van der Waals surface area contributed by atoms with Crippen LogP contribution in [0.3, 0.4) is 0 Å². The number of imide groups is 1. The quantitative estimate of drug-likeness (QED) is 0.285. The van der Waals surface area contributed by atoms with E-state index in [-0.39, 0.29) is 42.5 Å². The van der Waals surface area contributed by atoms with Gasteiger partial charge in [-0.1, -0.05) is 33.3 Å². The highest BCUT2D eigenvalue weighted by Gasteiger charge is 2.25. The lowest BCUT2D eigenvalue weighted by molar-refractivity contribution is -0.137. The van der Waals surface area contributed by atoms with E-state index in [0.717, 1.165) is 17.5 Å². The number of benzene rings is 1.